The van der Waals surface area contributed by atoms with Crippen molar-refractivity contribution in [2.45, 2.75) is 0 Å². The first-order valence-electron chi connectivity index (χ1n) is 4.40. The second kappa shape index (κ2) is 6.35. The third-order valence-electron chi connectivity index (χ3n) is 1.57. The summed E-state index contributed by atoms with van der Waals surface area (Å²) < 4.78 is 17.5. The van der Waals surface area contributed by atoms with E-state index in [0.717, 1.165) is 5.56 Å². The van der Waals surface area contributed by atoms with E-state index in [2.05, 4.69) is 0 Å². The Bertz CT molecular complexity index is 287. The van der Waals surface area contributed by atoms with Gasteiger partial charge in [-0.1, -0.05) is 24.2 Å². The average Bonchev–Trinajstić information content (AvgIpc) is 2.21. The van der Waals surface area contributed by atoms with E-state index in [1.165, 1.54) is 12.1 Å². The Morgan fingerprint density at radius 2 is 2.07 bits per heavy atom. The van der Waals surface area contributed by atoms with Gasteiger partial charge < -0.3 is 10.4 Å². The molecule has 0 saturated heterocycles. The molecule has 0 aliphatic heterocycles. The highest BCUT2D eigenvalue weighted by Gasteiger charge is 1.89. The van der Waals surface area contributed by atoms with Crippen LogP contribution in [0.4, 0.5) is 4.39 Å². The van der Waals surface area contributed by atoms with Gasteiger partial charge in [0.25, 0.3) is 0 Å². The molecule has 0 aromatic heterocycles. The molecule has 14 heavy (non-hydrogen) atoms. The molecule has 0 spiro atoms. The molecule has 1 rings (SSSR count). The molecule has 2 N–H and O–H groups in total. The van der Waals surface area contributed by atoms with E-state index in [-0.39, 0.29) is 5.82 Å². The molecule has 0 bridgehead atoms. The molecule has 0 unspecified atom stereocenters. The fourth-order valence-corrected chi connectivity index (χ4v) is 0.916. The summed E-state index contributed by atoms with van der Waals surface area (Å²) in [5.41, 5.74) is 6.16. The molecule has 0 fully saturated rings. The van der Waals surface area contributed by atoms with Crippen LogP contribution < -0.4 is 5.73 Å². The van der Waals surface area contributed by atoms with E-state index in [9.17, 15) is 4.39 Å². The second-order valence-corrected chi connectivity index (χ2v) is 2.71. The first-order chi connectivity index (χ1) is 6.83. The maximum absolute atomic E-state index is 12.5. The van der Waals surface area contributed by atoms with Gasteiger partial charge in [0.05, 0.1) is 0 Å². The molecule has 4 heteroatoms. The van der Waals surface area contributed by atoms with Crippen LogP contribution in [0, 0.1) is 5.82 Å². The Hall–Kier alpha value is -1.13. The molecule has 0 heterocycles. The highest BCUT2D eigenvalue weighted by molar-refractivity contribution is 6.35. The van der Waals surface area contributed by atoms with Crippen molar-refractivity contribution in [2.75, 3.05) is 13.2 Å². The molecule has 0 atom stereocenters. The Kier molecular flexibility index (Phi) is 4.97. The molecule has 2 nitrogen and oxygen atoms in total. The zero-order valence-corrected chi connectivity index (χ0v) is 7.82. The van der Waals surface area contributed by atoms with Crippen LogP contribution in [0.2, 0.25) is 0 Å². The Morgan fingerprint density at radius 1 is 1.36 bits per heavy atom. The van der Waals surface area contributed by atoms with Gasteiger partial charge in [0.1, 0.15) is 5.82 Å². The minimum Gasteiger partial charge on any atom is -0.434 e. The summed E-state index contributed by atoms with van der Waals surface area (Å²) in [6.07, 6.45) is 1.83. The van der Waals surface area contributed by atoms with E-state index in [1.807, 2.05) is 6.08 Å². The van der Waals surface area contributed by atoms with Gasteiger partial charge in [0.2, 0.25) is 0 Å². The van der Waals surface area contributed by atoms with Gasteiger partial charge in [0, 0.05) is 13.2 Å². The quantitative estimate of drug-likeness (QED) is 0.565. The molecule has 1 radical (unpaired) electrons. The van der Waals surface area contributed by atoms with Crippen LogP contribution in [0.5, 0.6) is 0 Å². The minimum atomic E-state index is -0.231. The third-order valence-corrected chi connectivity index (χ3v) is 1.57. The summed E-state index contributed by atoms with van der Waals surface area (Å²) in [5, 5.41) is 0. The molecule has 0 aliphatic carbocycles. The topological polar surface area (TPSA) is 35.2 Å². The molecule has 73 valence electrons. The van der Waals surface area contributed by atoms with Gasteiger partial charge in [-0.3, -0.25) is 0 Å². The minimum absolute atomic E-state index is 0.231. The number of halogens is 1. The highest BCUT2D eigenvalue weighted by Crippen LogP contribution is 2.03. The van der Waals surface area contributed by atoms with Crippen molar-refractivity contribution in [3.8, 4) is 0 Å². The van der Waals surface area contributed by atoms with Gasteiger partial charge in [-0.25, -0.2) is 4.39 Å². The van der Waals surface area contributed by atoms with Crippen LogP contribution in [0.15, 0.2) is 30.2 Å². The van der Waals surface area contributed by atoms with Crippen LogP contribution in [0.3, 0.4) is 0 Å². The highest BCUT2D eigenvalue weighted by atomic mass is 19.1. The lowest BCUT2D eigenvalue weighted by molar-refractivity contribution is 0.353. The maximum atomic E-state index is 12.5. The van der Waals surface area contributed by atoms with E-state index in [4.69, 9.17) is 10.4 Å². The maximum Gasteiger partial charge on any atom is 0.322 e. The fourth-order valence-electron chi connectivity index (χ4n) is 0.916. The third kappa shape index (κ3) is 4.21. The Labute approximate surface area is 83.8 Å². The average molecular weight is 192 g/mol. The second-order valence-electron chi connectivity index (χ2n) is 2.71. The number of nitrogens with two attached hydrogens (primary N) is 1. The van der Waals surface area contributed by atoms with Crippen LogP contribution in [0.1, 0.15) is 5.56 Å². The zero-order valence-electron chi connectivity index (χ0n) is 7.82. The largest absolute Gasteiger partial charge is 0.434 e. The van der Waals surface area contributed by atoms with Gasteiger partial charge >= 0.3 is 7.48 Å². The van der Waals surface area contributed by atoms with Crippen molar-refractivity contribution in [3.63, 3.8) is 0 Å². The molecular formula is C10H12BFNO. The molecular weight excluding hydrogens is 180 g/mol. The molecule has 1 aromatic carbocycles. The summed E-state index contributed by atoms with van der Waals surface area (Å²) >= 11 is 0. The predicted octanol–water partition coefficient (Wildman–Crippen LogP) is 1.39. The first-order valence-corrected chi connectivity index (χ1v) is 4.40. The van der Waals surface area contributed by atoms with Gasteiger partial charge in [0.15, 0.2) is 0 Å². The van der Waals surface area contributed by atoms with Gasteiger partial charge in [-0.2, -0.15) is 0 Å². The summed E-state index contributed by atoms with van der Waals surface area (Å²) in [4.78, 5) is 0. The van der Waals surface area contributed by atoms with E-state index < -0.39 is 0 Å². The summed E-state index contributed by atoms with van der Waals surface area (Å²) in [6, 6.07) is 6.23. The fraction of sp³-hybridized carbons (Fsp3) is 0.200. The van der Waals surface area contributed by atoms with Crippen LogP contribution in [-0.2, 0) is 4.65 Å². The van der Waals surface area contributed by atoms with Crippen molar-refractivity contribution in [2.24, 2.45) is 5.73 Å². The number of rotatable bonds is 5. The number of benzene rings is 1. The van der Waals surface area contributed by atoms with Crippen molar-refractivity contribution in [1.82, 2.24) is 0 Å². The summed E-state index contributed by atoms with van der Waals surface area (Å²) in [6.45, 7) is 1.01. The monoisotopic (exact) mass is 192 g/mol. The smallest absolute Gasteiger partial charge is 0.322 e. The van der Waals surface area contributed by atoms with Crippen LogP contribution >= 0.6 is 0 Å². The molecule has 0 amide bonds. The van der Waals surface area contributed by atoms with Gasteiger partial charge in [-0.05, 0) is 17.7 Å². The Morgan fingerprint density at radius 3 is 2.71 bits per heavy atom. The standard InChI is InChI=1S/C10H12BFNO/c12-10-3-1-9(2-4-10)5-6-11-14-8-7-13/h1-6H,7-8,13H2. The van der Waals surface area contributed by atoms with Gasteiger partial charge in [-0.15, -0.1) is 0 Å². The van der Waals surface area contributed by atoms with Crippen LogP contribution in [-0.4, -0.2) is 20.6 Å². The summed E-state index contributed by atoms with van der Waals surface area (Å²) in [7, 11) is 1.57. The van der Waals surface area contributed by atoms with Crippen LogP contribution in [0.25, 0.3) is 6.08 Å². The number of hydrogen-bond acceptors (Lipinski definition) is 2. The van der Waals surface area contributed by atoms with Crippen molar-refractivity contribution in [3.05, 3.63) is 41.6 Å². The van der Waals surface area contributed by atoms with Crippen molar-refractivity contribution >= 4 is 13.6 Å². The molecule has 1 aromatic rings. The predicted molar refractivity (Wildman–Crippen MR) is 56.2 cm³/mol. The zero-order chi connectivity index (χ0) is 10.2. The number of hydrogen-bond donors (Lipinski definition) is 1. The van der Waals surface area contributed by atoms with Crippen molar-refractivity contribution < 1.29 is 9.04 Å². The summed E-state index contributed by atoms with van der Waals surface area (Å²) in [5.74, 6) is 1.52. The lowest BCUT2D eigenvalue weighted by Gasteiger charge is -1.95. The van der Waals surface area contributed by atoms with E-state index in [0.29, 0.717) is 13.2 Å². The lowest BCUT2D eigenvalue weighted by Crippen LogP contribution is -2.09. The van der Waals surface area contributed by atoms with Crippen molar-refractivity contribution in [1.29, 1.82) is 0 Å². The van der Waals surface area contributed by atoms with E-state index >= 15 is 0 Å². The lowest BCUT2D eigenvalue weighted by atomic mass is 9.99. The first kappa shape index (κ1) is 11.0. The normalized spacial score (nSPS) is 10.7. The Balaban J connectivity index is 2.33. The molecule has 0 aliphatic rings. The SMILES string of the molecule is NCCO[B]C=Cc1ccc(F)cc1. The van der Waals surface area contributed by atoms with E-state index in [1.54, 1.807) is 25.6 Å². The molecule has 0 saturated carbocycles.